The molecule has 0 radical (unpaired) electrons. The summed E-state index contributed by atoms with van der Waals surface area (Å²) in [6.07, 6.45) is 2.05. The maximum Gasteiger partial charge on any atom is 0.0648 e. The van der Waals surface area contributed by atoms with Crippen LogP contribution < -0.4 is 0 Å². The molecule has 92 valence electrons. The van der Waals surface area contributed by atoms with E-state index in [2.05, 4.69) is 41.5 Å². The van der Waals surface area contributed by atoms with Gasteiger partial charge in [-0.05, 0) is 32.1 Å². The monoisotopic (exact) mass is 216 g/mol. The minimum Gasteiger partial charge on any atom is -0.381 e. The Bertz CT molecular complexity index is 156. The Morgan fingerprint density at radius 1 is 0.933 bits per heavy atom. The molecule has 0 amide bonds. The Morgan fingerprint density at radius 2 is 1.53 bits per heavy atom. The van der Waals surface area contributed by atoms with Gasteiger partial charge >= 0.3 is 0 Å². The van der Waals surface area contributed by atoms with Gasteiger partial charge in [0.25, 0.3) is 0 Å². The SMILES string of the molecule is CCCOCCC(C)(C)OCC(C)(C)C. The van der Waals surface area contributed by atoms with Crippen LogP contribution in [0.4, 0.5) is 0 Å². The van der Waals surface area contributed by atoms with Crippen molar-refractivity contribution in [1.29, 1.82) is 0 Å². The van der Waals surface area contributed by atoms with E-state index in [0.29, 0.717) is 0 Å². The van der Waals surface area contributed by atoms with Crippen LogP contribution in [0, 0.1) is 5.41 Å². The van der Waals surface area contributed by atoms with Gasteiger partial charge < -0.3 is 9.47 Å². The fourth-order valence-corrected chi connectivity index (χ4v) is 1.05. The lowest BCUT2D eigenvalue weighted by atomic mass is 9.97. The summed E-state index contributed by atoms with van der Waals surface area (Å²) in [4.78, 5) is 0. The van der Waals surface area contributed by atoms with E-state index in [1.54, 1.807) is 0 Å². The molecule has 0 aromatic heterocycles. The summed E-state index contributed by atoms with van der Waals surface area (Å²) < 4.78 is 11.4. The molecule has 0 saturated heterocycles. The van der Waals surface area contributed by atoms with Gasteiger partial charge in [-0.1, -0.05) is 27.7 Å². The first-order valence-corrected chi connectivity index (χ1v) is 5.98. The fourth-order valence-electron chi connectivity index (χ4n) is 1.05. The number of hydrogen-bond donors (Lipinski definition) is 0. The molecule has 15 heavy (non-hydrogen) atoms. The van der Waals surface area contributed by atoms with E-state index in [0.717, 1.165) is 32.7 Å². The first-order valence-electron chi connectivity index (χ1n) is 5.98. The van der Waals surface area contributed by atoms with Gasteiger partial charge in [0.15, 0.2) is 0 Å². The average molecular weight is 216 g/mol. The number of hydrogen-bond acceptors (Lipinski definition) is 2. The molecule has 2 heteroatoms. The van der Waals surface area contributed by atoms with Gasteiger partial charge in [-0.3, -0.25) is 0 Å². The van der Waals surface area contributed by atoms with E-state index in [1.807, 2.05) is 0 Å². The van der Waals surface area contributed by atoms with Gasteiger partial charge in [0.05, 0.1) is 12.2 Å². The Balaban J connectivity index is 3.67. The molecule has 0 N–H and O–H groups in total. The highest BCUT2D eigenvalue weighted by Crippen LogP contribution is 2.21. The predicted octanol–water partition coefficient (Wildman–Crippen LogP) is 3.64. The molecular weight excluding hydrogens is 188 g/mol. The largest absolute Gasteiger partial charge is 0.381 e. The van der Waals surface area contributed by atoms with E-state index < -0.39 is 0 Å². The van der Waals surface area contributed by atoms with Crippen molar-refractivity contribution >= 4 is 0 Å². The van der Waals surface area contributed by atoms with Crippen LogP contribution in [0.25, 0.3) is 0 Å². The molecule has 0 aromatic rings. The van der Waals surface area contributed by atoms with Crippen LogP contribution in [0.1, 0.15) is 54.4 Å². The van der Waals surface area contributed by atoms with Crippen LogP contribution >= 0.6 is 0 Å². The number of ether oxygens (including phenoxy) is 2. The van der Waals surface area contributed by atoms with E-state index >= 15 is 0 Å². The summed E-state index contributed by atoms with van der Waals surface area (Å²) >= 11 is 0. The molecule has 0 aliphatic carbocycles. The standard InChI is InChI=1S/C13H28O2/c1-7-9-14-10-8-13(5,6)15-11-12(2,3)4/h7-11H2,1-6H3. The van der Waals surface area contributed by atoms with Crippen LogP contribution in [0.2, 0.25) is 0 Å². The van der Waals surface area contributed by atoms with Crippen molar-refractivity contribution in [1.82, 2.24) is 0 Å². The van der Waals surface area contributed by atoms with E-state index in [9.17, 15) is 0 Å². The van der Waals surface area contributed by atoms with Crippen molar-refractivity contribution in [3.63, 3.8) is 0 Å². The van der Waals surface area contributed by atoms with Gasteiger partial charge in [-0.25, -0.2) is 0 Å². The molecule has 0 unspecified atom stereocenters. The van der Waals surface area contributed by atoms with Crippen molar-refractivity contribution in [2.24, 2.45) is 5.41 Å². The summed E-state index contributed by atoms with van der Waals surface area (Å²) in [5.41, 5.74) is 0.169. The van der Waals surface area contributed by atoms with Gasteiger partial charge in [0.2, 0.25) is 0 Å². The zero-order valence-electron chi connectivity index (χ0n) is 11.4. The highest BCUT2D eigenvalue weighted by atomic mass is 16.5. The minimum absolute atomic E-state index is 0.0684. The molecule has 0 aliphatic rings. The van der Waals surface area contributed by atoms with Crippen molar-refractivity contribution in [3.05, 3.63) is 0 Å². The summed E-state index contributed by atoms with van der Waals surface area (Å²) in [7, 11) is 0. The summed E-state index contributed by atoms with van der Waals surface area (Å²) in [6.45, 7) is 15.4. The molecule has 0 fully saturated rings. The zero-order valence-corrected chi connectivity index (χ0v) is 11.4. The third kappa shape index (κ3) is 10.2. The quantitative estimate of drug-likeness (QED) is 0.605. The fraction of sp³-hybridized carbons (Fsp3) is 1.00. The van der Waals surface area contributed by atoms with E-state index in [-0.39, 0.29) is 11.0 Å². The third-order valence-corrected chi connectivity index (χ3v) is 2.09. The normalized spacial score (nSPS) is 13.2. The molecule has 0 spiro atoms. The van der Waals surface area contributed by atoms with Crippen LogP contribution in [0.3, 0.4) is 0 Å². The molecule has 2 nitrogen and oxygen atoms in total. The van der Waals surface area contributed by atoms with Crippen LogP contribution in [-0.2, 0) is 9.47 Å². The van der Waals surface area contributed by atoms with Crippen LogP contribution in [0.15, 0.2) is 0 Å². The summed E-state index contributed by atoms with van der Waals surface area (Å²) in [6, 6.07) is 0. The smallest absolute Gasteiger partial charge is 0.0648 e. The topological polar surface area (TPSA) is 18.5 Å². The molecule has 0 aliphatic heterocycles. The van der Waals surface area contributed by atoms with Crippen molar-refractivity contribution in [2.75, 3.05) is 19.8 Å². The highest BCUT2D eigenvalue weighted by molar-refractivity contribution is 4.70. The lowest BCUT2D eigenvalue weighted by molar-refractivity contribution is -0.0673. The second kappa shape index (κ2) is 6.49. The van der Waals surface area contributed by atoms with Crippen molar-refractivity contribution < 1.29 is 9.47 Å². The third-order valence-electron chi connectivity index (χ3n) is 2.09. The molecule has 0 atom stereocenters. The van der Waals surface area contributed by atoms with Crippen LogP contribution in [-0.4, -0.2) is 25.4 Å². The molecule has 0 rings (SSSR count). The molecule has 0 heterocycles. The van der Waals surface area contributed by atoms with Crippen LogP contribution in [0.5, 0.6) is 0 Å². The maximum absolute atomic E-state index is 5.89. The van der Waals surface area contributed by atoms with E-state index in [4.69, 9.17) is 9.47 Å². The molecule has 0 aromatic carbocycles. The Labute approximate surface area is 95.3 Å². The minimum atomic E-state index is -0.0684. The second-order valence-corrected chi connectivity index (χ2v) is 5.97. The van der Waals surface area contributed by atoms with Gasteiger partial charge in [-0.2, -0.15) is 0 Å². The van der Waals surface area contributed by atoms with Crippen molar-refractivity contribution in [2.45, 2.75) is 60.0 Å². The zero-order chi connectivity index (χ0) is 11.9. The molecule has 0 saturated carbocycles. The van der Waals surface area contributed by atoms with Gasteiger partial charge in [-0.15, -0.1) is 0 Å². The molecular formula is C13H28O2. The molecule has 0 bridgehead atoms. The number of rotatable bonds is 7. The lowest BCUT2D eigenvalue weighted by Crippen LogP contribution is -2.30. The Kier molecular flexibility index (Phi) is 6.46. The Morgan fingerprint density at radius 3 is 2.00 bits per heavy atom. The van der Waals surface area contributed by atoms with E-state index in [1.165, 1.54) is 0 Å². The Hall–Kier alpha value is -0.0800. The first-order chi connectivity index (χ1) is 6.77. The lowest BCUT2D eigenvalue weighted by Gasteiger charge is -2.29. The van der Waals surface area contributed by atoms with Gasteiger partial charge in [0, 0.05) is 13.2 Å². The summed E-state index contributed by atoms with van der Waals surface area (Å²) in [5.74, 6) is 0. The maximum atomic E-state index is 5.89. The van der Waals surface area contributed by atoms with Crippen molar-refractivity contribution in [3.8, 4) is 0 Å². The van der Waals surface area contributed by atoms with Gasteiger partial charge in [0.1, 0.15) is 0 Å². The first kappa shape index (κ1) is 14.9. The average Bonchev–Trinajstić information content (AvgIpc) is 2.09. The second-order valence-electron chi connectivity index (χ2n) is 5.97. The summed E-state index contributed by atoms with van der Waals surface area (Å²) in [5, 5.41) is 0. The highest BCUT2D eigenvalue weighted by Gasteiger charge is 2.21. The predicted molar refractivity (Wildman–Crippen MR) is 65.2 cm³/mol.